The molecule has 1 heterocycles. The van der Waals surface area contributed by atoms with Crippen LogP contribution in [-0.4, -0.2) is 26.7 Å². The molecule has 1 aromatic carbocycles. The average molecular weight is 315 g/mol. The second kappa shape index (κ2) is 8.26. The quantitative estimate of drug-likeness (QED) is 0.731. The molecule has 2 unspecified atom stereocenters. The van der Waals surface area contributed by atoms with Gasteiger partial charge in [-0.2, -0.15) is 0 Å². The first-order valence-electron chi connectivity index (χ1n) is 7.44. The van der Waals surface area contributed by atoms with Gasteiger partial charge in [0.25, 0.3) is 0 Å². The van der Waals surface area contributed by atoms with Crippen LogP contribution < -0.4 is 5.90 Å². The summed E-state index contributed by atoms with van der Waals surface area (Å²) in [5.74, 6) is 3.97. The fourth-order valence-corrected chi connectivity index (χ4v) is 2.46. The second-order valence-electron chi connectivity index (χ2n) is 5.25. The van der Waals surface area contributed by atoms with Gasteiger partial charge in [0.05, 0.1) is 12.4 Å². The average Bonchev–Trinajstić information content (AvgIpc) is 3.09. The zero-order valence-electron chi connectivity index (χ0n) is 13.0. The maximum atomic E-state index is 11.0. The van der Waals surface area contributed by atoms with Crippen LogP contribution in [0, 0.1) is 0 Å². The van der Waals surface area contributed by atoms with Crippen molar-refractivity contribution in [2.24, 2.45) is 5.90 Å². The molecule has 23 heavy (non-hydrogen) atoms. The summed E-state index contributed by atoms with van der Waals surface area (Å²) >= 11 is 0. The number of imidazole rings is 1. The minimum atomic E-state index is -1.05. The zero-order chi connectivity index (χ0) is 16.7. The summed E-state index contributed by atoms with van der Waals surface area (Å²) in [7, 11) is 0. The van der Waals surface area contributed by atoms with Gasteiger partial charge in [0.2, 0.25) is 0 Å². The molecule has 0 aliphatic rings. The minimum Gasteiger partial charge on any atom is -0.479 e. The Morgan fingerprint density at radius 3 is 2.74 bits per heavy atom. The molecule has 0 fully saturated rings. The summed E-state index contributed by atoms with van der Waals surface area (Å²) in [6.45, 7) is 2.08. The summed E-state index contributed by atoms with van der Waals surface area (Å²) in [6.07, 6.45) is 7.33. The smallest absolute Gasteiger partial charge is 0.334 e. The number of nitrogens with two attached hydrogens (primary N) is 1. The van der Waals surface area contributed by atoms with Gasteiger partial charge in [-0.25, -0.2) is 15.7 Å². The van der Waals surface area contributed by atoms with Gasteiger partial charge >= 0.3 is 5.97 Å². The van der Waals surface area contributed by atoms with E-state index in [-0.39, 0.29) is 6.04 Å². The maximum absolute atomic E-state index is 11.0. The normalized spacial score (nSPS) is 14.4. The first-order valence-corrected chi connectivity index (χ1v) is 7.44. The van der Waals surface area contributed by atoms with Crippen molar-refractivity contribution in [2.75, 3.05) is 0 Å². The lowest BCUT2D eigenvalue weighted by molar-refractivity contribution is -0.151. The predicted molar refractivity (Wildman–Crippen MR) is 87.3 cm³/mol. The Bertz CT molecular complexity index is 638. The van der Waals surface area contributed by atoms with Crippen molar-refractivity contribution in [2.45, 2.75) is 31.9 Å². The molecule has 0 amide bonds. The number of carbonyl (C=O) groups is 1. The monoisotopic (exact) mass is 315 g/mol. The molecule has 6 heteroatoms. The minimum absolute atomic E-state index is 0.0852. The van der Waals surface area contributed by atoms with Crippen LogP contribution in [0.15, 0.2) is 55.1 Å². The lowest BCUT2D eigenvalue weighted by atomic mass is 9.97. The largest absolute Gasteiger partial charge is 0.479 e. The van der Waals surface area contributed by atoms with Gasteiger partial charge in [-0.05, 0) is 30.9 Å². The van der Waals surface area contributed by atoms with Crippen LogP contribution in [0.5, 0.6) is 0 Å². The topological polar surface area (TPSA) is 90.4 Å². The molecule has 3 N–H and O–H groups in total. The third-order valence-electron chi connectivity index (χ3n) is 3.76. The number of rotatable bonds is 8. The molecule has 122 valence electrons. The summed E-state index contributed by atoms with van der Waals surface area (Å²) in [4.78, 5) is 19.5. The molecule has 1 aromatic heterocycles. The molecule has 2 atom stereocenters. The van der Waals surface area contributed by atoms with Crippen molar-refractivity contribution >= 4 is 11.5 Å². The SMILES string of the molecule is CC(/C(=C/CCC(ON)C(=O)O)c1ccccc1)n1ccnc1. The highest BCUT2D eigenvalue weighted by Crippen LogP contribution is 2.28. The van der Waals surface area contributed by atoms with Gasteiger partial charge in [-0.15, -0.1) is 0 Å². The maximum Gasteiger partial charge on any atom is 0.334 e. The molecule has 0 spiro atoms. The van der Waals surface area contributed by atoms with Crippen molar-refractivity contribution in [3.8, 4) is 0 Å². The fourth-order valence-electron chi connectivity index (χ4n) is 2.46. The Balaban J connectivity index is 2.20. The molecule has 2 aromatic rings. The van der Waals surface area contributed by atoms with E-state index in [9.17, 15) is 4.79 Å². The van der Waals surface area contributed by atoms with Gasteiger partial charge in [-0.3, -0.25) is 4.84 Å². The zero-order valence-corrected chi connectivity index (χ0v) is 13.0. The van der Waals surface area contributed by atoms with E-state index in [2.05, 4.69) is 16.7 Å². The summed E-state index contributed by atoms with van der Waals surface area (Å²) in [5, 5.41) is 8.98. The second-order valence-corrected chi connectivity index (χ2v) is 5.25. The highest BCUT2D eigenvalue weighted by atomic mass is 16.6. The Morgan fingerprint density at radius 2 is 2.17 bits per heavy atom. The number of aliphatic carboxylic acids is 1. The van der Waals surface area contributed by atoms with Gasteiger partial charge < -0.3 is 9.67 Å². The third-order valence-corrected chi connectivity index (χ3v) is 3.76. The summed E-state index contributed by atoms with van der Waals surface area (Å²) in [5.41, 5.74) is 2.19. The third kappa shape index (κ3) is 4.51. The molecule has 0 aliphatic heterocycles. The van der Waals surface area contributed by atoms with Crippen LogP contribution in [0.25, 0.3) is 5.57 Å². The molecule has 0 radical (unpaired) electrons. The fraction of sp³-hybridized carbons (Fsp3) is 0.294. The van der Waals surface area contributed by atoms with E-state index in [1.54, 1.807) is 12.5 Å². The van der Waals surface area contributed by atoms with E-state index in [0.29, 0.717) is 12.8 Å². The first-order chi connectivity index (χ1) is 11.1. The molecule has 0 aliphatic carbocycles. The summed E-state index contributed by atoms with van der Waals surface area (Å²) in [6, 6.07) is 10.1. The number of aromatic nitrogens is 2. The van der Waals surface area contributed by atoms with Crippen molar-refractivity contribution < 1.29 is 14.7 Å². The van der Waals surface area contributed by atoms with Crippen LogP contribution in [0.3, 0.4) is 0 Å². The molecule has 0 bridgehead atoms. The predicted octanol–water partition coefficient (Wildman–Crippen LogP) is 2.65. The van der Waals surface area contributed by atoms with E-state index >= 15 is 0 Å². The van der Waals surface area contributed by atoms with Gasteiger partial charge in [-0.1, -0.05) is 36.4 Å². The van der Waals surface area contributed by atoms with Crippen LogP contribution in [-0.2, 0) is 9.63 Å². The van der Waals surface area contributed by atoms with Crippen molar-refractivity contribution in [3.63, 3.8) is 0 Å². The van der Waals surface area contributed by atoms with Crippen LogP contribution in [0.4, 0.5) is 0 Å². The van der Waals surface area contributed by atoms with E-state index in [1.807, 2.05) is 47.2 Å². The van der Waals surface area contributed by atoms with Crippen molar-refractivity contribution in [1.82, 2.24) is 9.55 Å². The molecular weight excluding hydrogens is 294 g/mol. The number of hydrogen-bond acceptors (Lipinski definition) is 4. The Hall–Kier alpha value is -2.44. The highest BCUT2D eigenvalue weighted by Gasteiger charge is 2.17. The van der Waals surface area contributed by atoms with E-state index in [1.165, 1.54) is 0 Å². The number of allylic oxidation sites excluding steroid dienone is 2. The molecular formula is C17H21N3O3. The number of benzene rings is 1. The highest BCUT2D eigenvalue weighted by molar-refractivity contribution is 5.72. The number of carboxylic acid groups (broad SMARTS) is 1. The first kappa shape index (κ1) is 16.9. The van der Waals surface area contributed by atoms with Gasteiger partial charge in [0.15, 0.2) is 6.10 Å². The van der Waals surface area contributed by atoms with Crippen molar-refractivity contribution in [1.29, 1.82) is 0 Å². The Morgan fingerprint density at radius 1 is 1.43 bits per heavy atom. The van der Waals surface area contributed by atoms with Crippen LogP contribution in [0.2, 0.25) is 0 Å². The Labute approximate surface area is 135 Å². The number of nitrogens with zero attached hydrogens (tertiary/aromatic N) is 2. The van der Waals surface area contributed by atoms with Crippen LogP contribution in [0.1, 0.15) is 31.4 Å². The number of carboxylic acids is 1. The van der Waals surface area contributed by atoms with E-state index in [4.69, 9.17) is 11.0 Å². The Kier molecular flexibility index (Phi) is 6.08. The van der Waals surface area contributed by atoms with Gasteiger partial charge in [0, 0.05) is 12.4 Å². The molecule has 0 saturated heterocycles. The van der Waals surface area contributed by atoms with E-state index in [0.717, 1.165) is 11.1 Å². The molecule has 0 saturated carbocycles. The standard InChI is InChI=1S/C17H21N3O3/c1-13(20-11-10-19-12-20)15(14-6-3-2-4-7-14)8-5-9-16(23-18)17(21)22/h2-4,6-8,10-13,16H,5,9,18H2,1H3,(H,21,22)/b15-8-. The lowest BCUT2D eigenvalue weighted by Crippen LogP contribution is -2.26. The molecule has 6 nitrogen and oxygen atoms in total. The van der Waals surface area contributed by atoms with Crippen molar-refractivity contribution in [3.05, 3.63) is 60.7 Å². The molecule has 2 rings (SSSR count). The number of hydrogen-bond donors (Lipinski definition) is 2. The summed E-state index contributed by atoms with van der Waals surface area (Å²) < 4.78 is 2.01. The lowest BCUT2D eigenvalue weighted by Gasteiger charge is -2.18. The van der Waals surface area contributed by atoms with E-state index < -0.39 is 12.1 Å². The van der Waals surface area contributed by atoms with Gasteiger partial charge in [0.1, 0.15) is 0 Å². The van der Waals surface area contributed by atoms with Crippen LogP contribution >= 0.6 is 0 Å².